The van der Waals surface area contributed by atoms with E-state index in [2.05, 4.69) is 9.69 Å². The van der Waals surface area contributed by atoms with Crippen LogP contribution in [0.3, 0.4) is 0 Å². The molecule has 0 radical (unpaired) electrons. The number of nitrogen functional groups attached to an aromatic ring is 1. The number of hydrogen-bond acceptors (Lipinski definition) is 6. The van der Waals surface area contributed by atoms with Gasteiger partial charge < -0.3 is 15.8 Å². The van der Waals surface area contributed by atoms with Gasteiger partial charge in [0.25, 0.3) is 0 Å². The molecule has 2 aliphatic carbocycles. The molecule has 1 aromatic rings. The minimum Gasteiger partial charge on any atom is -0.465 e. The van der Waals surface area contributed by atoms with Crippen LogP contribution in [0.25, 0.3) is 0 Å². The molecule has 0 atom stereocenters. The number of rotatable bonds is 6. The molecule has 3 N–H and O–H groups in total. The highest BCUT2D eigenvalue weighted by atomic mass is 32.1. The average Bonchev–Trinajstić information content (AvgIpc) is 3.29. The summed E-state index contributed by atoms with van der Waals surface area (Å²) in [7, 11) is 1.36. The predicted molar refractivity (Wildman–Crippen MR) is 75.3 cm³/mol. The van der Waals surface area contributed by atoms with Crippen molar-refractivity contribution in [3.63, 3.8) is 0 Å². The zero-order chi connectivity index (χ0) is 13.4. The van der Waals surface area contributed by atoms with Crippen LogP contribution in [-0.2, 0) is 4.74 Å². The van der Waals surface area contributed by atoms with Gasteiger partial charge in [0, 0.05) is 6.54 Å². The van der Waals surface area contributed by atoms with E-state index in [0.29, 0.717) is 5.56 Å². The third kappa shape index (κ3) is 2.68. The summed E-state index contributed by atoms with van der Waals surface area (Å²) in [5, 5.41) is 4.11. The Kier molecular flexibility index (Phi) is 3.35. The Labute approximate surface area is 116 Å². The zero-order valence-corrected chi connectivity index (χ0v) is 11.8. The van der Waals surface area contributed by atoms with Gasteiger partial charge in [-0.25, -0.2) is 4.79 Å². The van der Waals surface area contributed by atoms with Crippen molar-refractivity contribution in [1.29, 1.82) is 0 Å². The lowest BCUT2D eigenvalue weighted by Crippen LogP contribution is -2.19. The summed E-state index contributed by atoms with van der Waals surface area (Å²) < 4.78 is 8.79. The molecule has 1 heterocycles. The molecule has 2 fully saturated rings. The maximum atomic E-state index is 11.7. The molecule has 0 aliphatic heterocycles. The van der Waals surface area contributed by atoms with Crippen LogP contribution >= 0.6 is 11.5 Å². The molecular formula is C13H19N3O2S. The molecule has 0 spiro atoms. The van der Waals surface area contributed by atoms with E-state index >= 15 is 0 Å². The molecule has 0 amide bonds. The monoisotopic (exact) mass is 281 g/mol. The molecule has 1 aromatic heterocycles. The average molecular weight is 281 g/mol. The molecule has 19 heavy (non-hydrogen) atoms. The third-order valence-corrected chi connectivity index (χ3v) is 4.88. The summed E-state index contributed by atoms with van der Waals surface area (Å²) in [5.74, 6) is 2.35. The molecule has 2 aliphatic rings. The van der Waals surface area contributed by atoms with E-state index in [1.807, 2.05) is 0 Å². The minimum atomic E-state index is -0.414. The molecule has 6 heteroatoms. The second kappa shape index (κ2) is 5.00. The highest BCUT2D eigenvalue weighted by Crippen LogP contribution is 2.49. The minimum absolute atomic E-state index is 0.258. The molecule has 0 saturated heterocycles. The van der Waals surface area contributed by atoms with E-state index < -0.39 is 5.97 Å². The highest BCUT2D eigenvalue weighted by Gasteiger charge is 2.41. The van der Waals surface area contributed by atoms with Crippen molar-refractivity contribution >= 4 is 28.3 Å². The zero-order valence-electron chi connectivity index (χ0n) is 11.0. The van der Waals surface area contributed by atoms with Crippen molar-refractivity contribution < 1.29 is 9.53 Å². The van der Waals surface area contributed by atoms with Gasteiger partial charge >= 0.3 is 5.97 Å². The number of carbonyl (C=O) groups excluding carboxylic acids is 1. The summed E-state index contributed by atoms with van der Waals surface area (Å²) in [6.45, 7) is 0.918. The van der Waals surface area contributed by atoms with E-state index in [1.54, 1.807) is 0 Å². The van der Waals surface area contributed by atoms with Gasteiger partial charge in [0.1, 0.15) is 10.6 Å². The molecule has 0 bridgehead atoms. The SMILES string of the molecule is COC(=O)c1c(N)nsc1NCC(C1CC1)C1CC1. The molecule has 0 unspecified atom stereocenters. The molecule has 5 nitrogen and oxygen atoms in total. The fraction of sp³-hybridized carbons (Fsp3) is 0.692. The first-order valence-electron chi connectivity index (χ1n) is 6.78. The van der Waals surface area contributed by atoms with Gasteiger partial charge in [-0.3, -0.25) is 0 Å². The third-order valence-electron chi connectivity index (χ3n) is 4.06. The van der Waals surface area contributed by atoms with Gasteiger partial charge in [0.05, 0.1) is 7.11 Å². The van der Waals surface area contributed by atoms with Crippen LogP contribution in [0.1, 0.15) is 36.0 Å². The second-order valence-electron chi connectivity index (χ2n) is 5.48. The number of nitrogens with one attached hydrogen (secondary N) is 1. The summed E-state index contributed by atoms with van der Waals surface area (Å²) in [4.78, 5) is 11.7. The van der Waals surface area contributed by atoms with Crippen LogP contribution in [-0.4, -0.2) is 24.0 Å². The first-order chi connectivity index (χ1) is 9.20. The topological polar surface area (TPSA) is 77.2 Å². The maximum absolute atomic E-state index is 11.7. The fourth-order valence-corrected chi connectivity index (χ4v) is 3.41. The van der Waals surface area contributed by atoms with Crippen molar-refractivity contribution in [2.45, 2.75) is 25.7 Å². The van der Waals surface area contributed by atoms with Gasteiger partial charge in [0.2, 0.25) is 0 Å². The van der Waals surface area contributed by atoms with E-state index in [1.165, 1.54) is 44.3 Å². The standard InChI is InChI=1S/C13H19N3O2S/c1-18-13(17)10-11(14)16-19-12(10)15-6-9(7-2-3-7)8-4-5-8/h7-9,15H,2-6H2,1H3,(H2,14,16). The Balaban J connectivity index is 1.67. The smallest absolute Gasteiger partial charge is 0.344 e. The number of nitrogens with zero attached hydrogens (tertiary/aromatic N) is 1. The number of ether oxygens (including phenoxy) is 1. The lowest BCUT2D eigenvalue weighted by Gasteiger charge is -2.16. The fourth-order valence-electron chi connectivity index (χ4n) is 2.70. The summed E-state index contributed by atoms with van der Waals surface area (Å²) in [6.07, 6.45) is 5.43. The maximum Gasteiger partial charge on any atom is 0.344 e. The number of carbonyl (C=O) groups is 1. The van der Waals surface area contributed by atoms with Crippen LogP contribution in [0.15, 0.2) is 0 Å². The molecule has 0 aromatic carbocycles. The lowest BCUT2D eigenvalue weighted by atomic mass is 9.98. The van der Waals surface area contributed by atoms with Gasteiger partial charge in [0.15, 0.2) is 5.82 Å². The summed E-state index contributed by atoms with van der Waals surface area (Å²) in [6, 6.07) is 0. The van der Waals surface area contributed by atoms with E-state index in [0.717, 1.165) is 29.3 Å². The van der Waals surface area contributed by atoms with Crippen molar-refractivity contribution in [2.24, 2.45) is 17.8 Å². The van der Waals surface area contributed by atoms with Crippen molar-refractivity contribution in [3.8, 4) is 0 Å². The largest absolute Gasteiger partial charge is 0.465 e. The van der Waals surface area contributed by atoms with Gasteiger partial charge in [-0.1, -0.05) is 0 Å². The van der Waals surface area contributed by atoms with Gasteiger partial charge in [-0.2, -0.15) is 4.37 Å². The molecule has 104 valence electrons. The normalized spacial score (nSPS) is 18.6. The van der Waals surface area contributed by atoms with Crippen molar-refractivity contribution in [1.82, 2.24) is 4.37 Å². The van der Waals surface area contributed by atoms with E-state index in [-0.39, 0.29) is 5.82 Å². The summed E-state index contributed by atoms with van der Waals surface area (Å²) in [5.41, 5.74) is 6.11. The Morgan fingerprint density at radius 2 is 2.11 bits per heavy atom. The van der Waals surface area contributed by atoms with Gasteiger partial charge in [-0.15, -0.1) is 0 Å². The van der Waals surface area contributed by atoms with Crippen LogP contribution in [0.4, 0.5) is 10.8 Å². The molecular weight excluding hydrogens is 262 g/mol. The number of esters is 1. The molecule has 2 saturated carbocycles. The van der Waals surface area contributed by atoms with Crippen LogP contribution in [0, 0.1) is 17.8 Å². The van der Waals surface area contributed by atoms with Crippen molar-refractivity contribution in [3.05, 3.63) is 5.56 Å². The Morgan fingerprint density at radius 1 is 1.47 bits per heavy atom. The second-order valence-corrected chi connectivity index (χ2v) is 6.26. The first kappa shape index (κ1) is 12.7. The number of anilines is 2. The van der Waals surface area contributed by atoms with Gasteiger partial charge in [-0.05, 0) is 55.0 Å². The molecule has 3 rings (SSSR count). The lowest BCUT2D eigenvalue weighted by molar-refractivity contribution is 0.0603. The number of hydrogen-bond donors (Lipinski definition) is 2. The summed E-state index contributed by atoms with van der Waals surface area (Å²) >= 11 is 1.24. The Hall–Kier alpha value is -1.30. The van der Waals surface area contributed by atoms with Crippen molar-refractivity contribution in [2.75, 3.05) is 24.7 Å². The van der Waals surface area contributed by atoms with E-state index in [4.69, 9.17) is 10.5 Å². The van der Waals surface area contributed by atoms with Crippen LogP contribution in [0.2, 0.25) is 0 Å². The number of aromatic nitrogens is 1. The predicted octanol–water partition coefficient (Wildman–Crippen LogP) is 2.36. The Morgan fingerprint density at radius 3 is 2.63 bits per heavy atom. The van der Waals surface area contributed by atoms with Crippen LogP contribution in [0.5, 0.6) is 0 Å². The first-order valence-corrected chi connectivity index (χ1v) is 7.55. The Bertz CT molecular complexity index is 468. The number of methoxy groups -OCH3 is 1. The number of nitrogens with two attached hydrogens (primary N) is 1. The highest BCUT2D eigenvalue weighted by molar-refractivity contribution is 7.11. The van der Waals surface area contributed by atoms with E-state index in [9.17, 15) is 4.79 Å². The van der Waals surface area contributed by atoms with Crippen LogP contribution < -0.4 is 11.1 Å². The quantitative estimate of drug-likeness (QED) is 0.783.